The molecule has 0 N–H and O–H groups in total. The number of nitrogens with zero attached hydrogens (tertiary/aromatic N) is 1. The largest absolute Gasteiger partial charge is 0.494 e. The lowest BCUT2D eigenvalue weighted by Crippen LogP contribution is -2.15. The van der Waals surface area contributed by atoms with Gasteiger partial charge in [0.25, 0.3) is 0 Å². The van der Waals surface area contributed by atoms with Gasteiger partial charge in [0.05, 0.1) is 19.3 Å². The molecule has 0 fully saturated rings. The first kappa shape index (κ1) is 16.5. The van der Waals surface area contributed by atoms with E-state index >= 15 is 0 Å². The molecule has 0 unspecified atom stereocenters. The molecule has 22 heavy (non-hydrogen) atoms. The number of rotatable bonds is 7. The molecule has 0 saturated heterocycles. The number of esters is 1. The predicted octanol–water partition coefficient (Wildman–Crippen LogP) is 3.53. The zero-order valence-corrected chi connectivity index (χ0v) is 14.0. The molecule has 0 aliphatic carbocycles. The van der Waals surface area contributed by atoms with E-state index in [2.05, 4.69) is 4.90 Å². The van der Waals surface area contributed by atoms with Gasteiger partial charge in [0, 0.05) is 11.4 Å². The molecule has 0 saturated carbocycles. The molecular weight excluding hydrogens is 298 g/mol. The topological polar surface area (TPSA) is 38.8 Å². The smallest absolute Gasteiger partial charge is 0.339 e. The van der Waals surface area contributed by atoms with Crippen LogP contribution in [0.3, 0.4) is 0 Å². The molecule has 1 aromatic heterocycles. The average molecular weight is 319 g/mol. The van der Waals surface area contributed by atoms with Gasteiger partial charge in [-0.1, -0.05) is 12.1 Å². The van der Waals surface area contributed by atoms with Gasteiger partial charge in [-0.25, -0.2) is 4.79 Å². The molecule has 4 nitrogen and oxygen atoms in total. The second-order valence-electron chi connectivity index (χ2n) is 5.19. The lowest BCUT2D eigenvalue weighted by atomic mass is 10.1. The van der Waals surface area contributed by atoms with Gasteiger partial charge in [0.1, 0.15) is 5.75 Å². The number of benzene rings is 1. The number of methoxy groups -OCH3 is 1. The van der Waals surface area contributed by atoms with Crippen LogP contribution in [0.5, 0.6) is 5.75 Å². The molecule has 0 aliphatic rings. The van der Waals surface area contributed by atoms with Crippen molar-refractivity contribution in [3.05, 3.63) is 41.3 Å². The third kappa shape index (κ3) is 4.32. The Kier molecular flexibility index (Phi) is 5.98. The van der Waals surface area contributed by atoms with E-state index in [1.54, 1.807) is 6.07 Å². The standard InChI is InChI=1S/C17H21NO3S/c1-18(2)9-5-10-21-14-7-4-6-13(12-14)16-15(8-11-22-16)17(19)20-3/h4,6-8,11-12H,5,9-10H2,1-3H3. The highest BCUT2D eigenvalue weighted by Crippen LogP contribution is 2.32. The zero-order chi connectivity index (χ0) is 15.9. The Labute approximate surface area is 135 Å². The van der Waals surface area contributed by atoms with Crippen LogP contribution in [0.1, 0.15) is 16.8 Å². The van der Waals surface area contributed by atoms with Crippen molar-refractivity contribution in [2.45, 2.75) is 6.42 Å². The summed E-state index contributed by atoms with van der Waals surface area (Å²) < 4.78 is 10.6. The second kappa shape index (κ2) is 7.96. The Morgan fingerprint density at radius 1 is 1.27 bits per heavy atom. The summed E-state index contributed by atoms with van der Waals surface area (Å²) in [4.78, 5) is 14.8. The number of hydrogen-bond acceptors (Lipinski definition) is 5. The SMILES string of the molecule is COC(=O)c1ccsc1-c1cccc(OCCCN(C)C)c1. The molecule has 0 atom stereocenters. The predicted molar refractivity (Wildman–Crippen MR) is 89.8 cm³/mol. The Hall–Kier alpha value is -1.85. The van der Waals surface area contributed by atoms with Crippen molar-refractivity contribution in [1.82, 2.24) is 4.90 Å². The minimum absolute atomic E-state index is 0.312. The van der Waals surface area contributed by atoms with Crippen LogP contribution in [-0.2, 0) is 4.74 Å². The summed E-state index contributed by atoms with van der Waals surface area (Å²) in [6, 6.07) is 9.61. The summed E-state index contributed by atoms with van der Waals surface area (Å²) in [5, 5.41) is 1.90. The van der Waals surface area contributed by atoms with Crippen LogP contribution in [0.2, 0.25) is 0 Å². The lowest BCUT2D eigenvalue weighted by Gasteiger charge is -2.11. The molecule has 0 radical (unpaired) electrons. The van der Waals surface area contributed by atoms with Crippen LogP contribution >= 0.6 is 11.3 Å². The van der Waals surface area contributed by atoms with E-state index in [-0.39, 0.29) is 5.97 Å². The van der Waals surface area contributed by atoms with Crippen molar-refractivity contribution < 1.29 is 14.3 Å². The summed E-state index contributed by atoms with van der Waals surface area (Å²) in [5.74, 6) is 0.508. The number of carbonyl (C=O) groups excluding carboxylic acids is 1. The van der Waals surface area contributed by atoms with Gasteiger partial charge >= 0.3 is 5.97 Å². The van der Waals surface area contributed by atoms with Crippen LogP contribution in [0.15, 0.2) is 35.7 Å². The molecule has 5 heteroatoms. The molecule has 0 amide bonds. The average Bonchev–Trinajstić information content (AvgIpc) is 3.00. The zero-order valence-electron chi connectivity index (χ0n) is 13.2. The Morgan fingerprint density at radius 3 is 2.82 bits per heavy atom. The first-order chi connectivity index (χ1) is 10.6. The van der Waals surface area contributed by atoms with Gasteiger partial charge in [-0.3, -0.25) is 0 Å². The third-order valence-electron chi connectivity index (χ3n) is 3.19. The summed E-state index contributed by atoms with van der Waals surface area (Å²) in [6.45, 7) is 1.67. The van der Waals surface area contributed by atoms with Crippen molar-refractivity contribution in [3.63, 3.8) is 0 Å². The van der Waals surface area contributed by atoms with Crippen molar-refractivity contribution in [1.29, 1.82) is 0 Å². The van der Waals surface area contributed by atoms with Gasteiger partial charge in [0.2, 0.25) is 0 Å². The van der Waals surface area contributed by atoms with E-state index in [9.17, 15) is 4.79 Å². The van der Waals surface area contributed by atoms with Crippen LogP contribution in [0, 0.1) is 0 Å². The molecule has 0 aliphatic heterocycles. The summed E-state index contributed by atoms with van der Waals surface area (Å²) in [6.07, 6.45) is 0.976. The second-order valence-corrected chi connectivity index (χ2v) is 6.10. The highest BCUT2D eigenvalue weighted by atomic mass is 32.1. The van der Waals surface area contributed by atoms with E-state index in [0.717, 1.165) is 29.2 Å². The first-order valence-corrected chi connectivity index (χ1v) is 8.03. The molecule has 2 rings (SSSR count). The van der Waals surface area contributed by atoms with Crippen molar-refractivity contribution >= 4 is 17.3 Å². The highest BCUT2D eigenvalue weighted by Gasteiger charge is 2.15. The van der Waals surface area contributed by atoms with Crippen LogP contribution in [0.25, 0.3) is 10.4 Å². The molecular formula is C17H21NO3S. The van der Waals surface area contributed by atoms with Gasteiger partial charge in [-0.15, -0.1) is 11.3 Å². The summed E-state index contributed by atoms with van der Waals surface area (Å²) in [7, 11) is 5.49. The van der Waals surface area contributed by atoms with Gasteiger partial charge in [-0.05, 0) is 49.7 Å². The quantitative estimate of drug-likeness (QED) is 0.578. The van der Waals surface area contributed by atoms with E-state index in [1.807, 2.05) is 43.7 Å². The maximum absolute atomic E-state index is 11.8. The molecule has 1 aromatic carbocycles. The van der Waals surface area contributed by atoms with Crippen LogP contribution in [0.4, 0.5) is 0 Å². The van der Waals surface area contributed by atoms with Crippen LogP contribution < -0.4 is 4.74 Å². The minimum Gasteiger partial charge on any atom is -0.494 e. The van der Waals surface area contributed by atoms with Crippen LogP contribution in [-0.4, -0.2) is 45.2 Å². The fourth-order valence-electron chi connectivity index (χ4n) is 2.10. The first-order valence-electron chi connectivity index (χ1n) is 7.15. The number of ether oxygens (including phenoxy) is 2. The Bertz CT molecular complexity index is 622. The molecule has 1 heterocycles. The molecule has 0 spiro atoms. The molecule has 2 aromatic rings. The lowest BCUT2D eigenvalue weighted by molar-refractivity contribution is 0.0602. The van der Waals surface area contributed by atoms with E-state index in [1.165, 1.54) is 18.4 Å². The van der Waals surface area contributed by atoms with E-state index in [4.69, 9.17) is 9.47 Å². The summed E-state index contributed by atoms with van der Waals surface area (Å²) in [5.41, 5.74) is 1.57. The fourth-order valence-corrected chi connectivity index (χ4v) is 2.98. The normalized spacial score (nSPS) is 10.7. The van der Waals surface area contributed by atoms with Crippen molar-refractivity contribution in [3.8, 4) is 16.2 Å². The van der Waals surface area contributed by atoms with E-state index in [0.29, 0.717) is 12.2 Å². The van der Waals surface area contributed by atoms with Gasteiger partial charge < -0.3 is 14.4 Å². The van der Waals surface area contributed by atoms with Crippen molar-refractivity contribution in [2.75, 3.05) is 34.4 Å². The third-order valence-corrected chi connectivity index (χ3v) is 4.15. The Morgan fingerprint density at radius 2 is 2.09 bits per heavy atom. The monoisotopic (exact) mass is 319 g/mol. The number of carbonyl (C=O) groups is 1. The fraction of sp³-hybridized carbons (Fsp3) is 0.353. The van der Waals surface area contributed by atoms with E-state index < -0.39 is 0 Å². The minimum atomic E-state index is -0.312. The maximum Gasteiger partial charge on any atom is 0.339 e. The molecule has 118 valence electrons. The number of hydrogen-bond donors (Lipinski definition) is 0. The maximum atomic E-state index is 11.8. The summed E-state index contributed by atoms with van der Waals surface area (Å²) >= 11 is 1.52. The Balaban J connectivity index is 2.08. The highest BCUT2D eigenvalue weighted by molar-refractivity contribution is 7.14. The molecule has 0 bridgehead atoms. The van der Waals surface area contributed by atoms with Crippen molar-refractivity contribution in [2.24, 2.45) is 0 Å². The van der Waals surface area contributed by atoms with Gasteiger partial charge in [0.15, 0.2) is 0 Å². The number of thiophene rings is 1. The van der Waals surface area contributed by atoms with Gasteiger partial charge in [-0.2, -0.15) is 0 Å².